The van der Waals surface area contributed by atoms with Gasteiger partial charge in [-0.1, -0.05) is 32.9 Å². The summed E-state index contributed by atoms with van der Waals surface area (Å²) in [5.74, 6) is 0.807. The molecule has 4 aromatic rings. The van der Waals surface area contributed by atoms with Gasteiger partial charge in [0.15, 0.2) is 0 Å². The maximum Gasteiger partial charge on any atom is 0.138 e. The molecule has 0 aliphatic rings. The lowest BCUT2D eigenvalue weighted by atomic mass is 9.87. The summed E-state index contributed by atoms with van der Waals surface area (Å²) >= 11 is 1.52. The molecule has 0 unspecified atom stereocenters. The highest BCUT2D eigenvalue weighted by atomic mass is 32.2. The first-order valence-electron chi connectivity index (χ1n) is 9.73. The monoisotopic (exact) mass is 416 g/mol. The van der Waals surface area contributed by atoms with Crippen LogP contribution in [0.2, 0.25) is 0 Å². The second-order valence-electron chi connectivity index (χ2n) is 8.32. The van der Waals surface area contributed by atoms with Crippen molar-refractivity contribution in [2.75, 3.05) is 4.72 Å². The first-order chi connectivity index (χ1) is 14.3. The Balaban J connectivity index is 1.66. The fourth-order valence-electron chi connectivity index (χ4n) is 3.26. The summed E-state index contributed by atoms with van der Waals surface area (Å²) in [6, 6.07) is 16.5. The number of aryl methyl sites for hydroxylation is 1. The molecule has 1 aromatic carbocycles. The average molecular weight is 417 g/mol. The number of pyridine rings is 1. The number of nitriles is 1. The van der Waals surface area contributed by atoms with E-state index in [1.807, 2.05) is 43.0 Å². The number of nitrogens with one attached hydrogen (secondary N) is 1. The van der Waals surface area contributed by atoms with Crippen molar-refractivity contribution in [1.29, 1.82) is 5.26 Å². The molecule has 6 nitrogen and oxygen atoms in total. The van der Waals surface area contributed by atoms with Crippen LogP contribution < -0.4 is 4.72 Å². The molecule has 0 saturated heterocycles. The zero-order valence-corrected chi connectivity index (χ0v) is 18.6. The lowest BCUT2D eigenvalue weighted by Gasteiger charge is -2.19. The molecule has 0 radical (unpaired) electrons. The summed E-state index contributed by atoms with van der Waals surface area (Å²) in [5, 5.41) is 18.6. The van der Waals surface area contributed by atoms with Crippen LogP contribution in [0.4, 0.5) is 5.82 Å². The molecule has 0 aliphatic carbocycles. The van der Waals surface area contributed by atoms with Gasteiger partial charge in [0.1, 0.15) is 11.9 Å². The quantitative estimate of drug-likeness (QED) is 0.455. The fraction of sp³-hybridized carbons (Fsp3) is 0.261. The third-order valence-corrected chi connectivity index (χ3v) is 6.07. The predicted molar refractivity (Wildman–Crippen MR) is 121 cm³/mol. The molecule has 0 spiro atoms. The number of rotatable bonds is 4. The second-order valence-corrected chi connectivity index (χ2v) is 9.20. The minimum Gasteiger partial charge on any atom is -0.310 e. The summed E-state index contributed by atoms with van der Waals surface area (Å²) < 4.78 is 6.99. The number of anilines is 1. The Morgan fingerprint density at radius 1 is 1.10 bits per heavy atom. The normalized spacial score (nSPS) is 11.6. The van der Waals surface area contributed by atoms with Gasteiger partial charge in [0.05, 0.1) is 23.0 Å². The van der Waals surface area contributed by atoms with Crippen LogP contribution >= 0.6 is 11.9 Å². The fourth-order valence-corrected chi connectivity index (χ4v) is 3.91. The van der Waals surface area contributed by atoms with Crippen molar-refractivity contribution >= 4 is 23.3 Å². The van der Waals surface area contributed by atoms with Gasteiger partial charge in [-0.05, 0) is 60.2 Å². The molecule has 0 bridgehead atoms. The van der Waals surface area contributed by atoms with Crippen molar-refractivity contribution in [3.05, 3.63) is 65.5 Å². The Kier molecular flexibility index (Phi) is 5.04. The second kappa shape index (κ2) is 7.54. The molecular formula is C23H24N6S. The zero-order chi connectivity index (χ0) is 21.5. The molecule has 152 valence electrons. The van der Waals surface area contributed by atoms with Crippen molar-refractivity contribution in [1.82, 2.24) is 19.4 Å². The smallest absolute Gasteiger partial charge is 0.138 e. The highest BCUT2D eigenvalue weighted by molar-refractivity contribution is 8.00. The summed E-state index contributed by atoms with van der Waals surface area (Å²) in [5.41, 5.74) is 5.57. The third-order valence-electron chi connectivity index (χ3n) is 5.25. The van der Waals surface area contributed by atoms with E-state index >= 15 is 0 Å². The zero-order valence-electron chi connectivity index (χ0n) is 17.8. The van der Waals surface area contributed by atoms with E-state index in [1.54, 1.807) is 4.52 Å². The van der Waals surface area contributed by atoms with Crippen molar-refractivity contribution in [2.45, 2.75) is 38.0 Å². The minimum absolute atomic E-state index is 0.131. The van der Waals surface area contributed by atoms with Gasteiger partial charge in [0.2, 0.25) is 0 Å². The highest BCUT2D eigenvalue weighted by Crippen LogP contribution is 2.29. The minimum atomic E-state index is 0.131. The van der Waals surface area contributed by atoms with Crippen molar-refractivity contribution < 1.29 is 0 Å². The standard InChI is InChI=1S/C23H24N6S/c1-15-19(14-25-28(15)5)20-12-21-16(13-24)6-11-22(29(21)26-20)27-30-18-9-7-17(8-10-18)23(2,3)4/h6-12,14,27H,1-5H3. The van der Waals surface area contributed by atoms with E-state index in [1.165, 1.54) is 17.5 Å². The Hall–Kier alpha value is -3.24. The molecule has 0 atom stereocenters. The summed E-state index contributed by atoms with van der Waals surface area (Å²) in [4.78, 5) is 1.11. The van der Waals surface area contributed by atoms with Gasteiger partial charge in [-0.25, -0.2) is 4.52 Å². The van der Waals surface area contributed by atoms with E-state index in [0.717, 1.165) is 33.2 Å². The Bertz CT molecular complexity index is 1250. The van der Waals surface area contributed by atoms with E-state index in [2.05, 4.69) is 60.9 Å². The molecule has 3 heterocycles. The molecule has 0 saturated carbocycles. The Labute approximate surface area is 180 Å². The first-order valence-corrected chi connectivity index (χ1v) is 10.5. The van der Waals surface area contributed by atoms with Crippen LogP contribution in [-0.2, 0) is 12.5 Å². The molecule has 7 heteroatoms. The molecule has 1 N–H and O–H groups in total. The molecule has 4 rings (SSSR count). The number of hydrogen-bond donors (Lipinski definition) is 1. The van der Waals surface area contributed by atoms with E-state index < -0.39 is 0 Å². The van der Waals surface area contributed by atoms with Gasteiger partial charge < -0.3 is 4.72 Å². The Morgan fingerprint density at radius 3 is 2.43 bits per heavy atom. The molecule has 30 heavy (non-hydrogen) atoms. The van der Waals surface area contributed by atoms with E-state index in [0.29, 0.717) is 5.56 Å². The molecule has 0 fully saturated rings. The largest absolute Gasteiger partial charge is 0.310 e. The van der Waals surface area contributed by atoms with Crippen LogP contribution in [0.1, 0.15) is 37.6 Å². The number of nitrogens with zero attached hydrogens (tertiary/aromatic N) is 5. The van der Waals surface area contributed by atoms with Crippen LogP contribution in [-0.4, -0.2) is 19.4 Å². The summed E-state index contributed by atoms with van der Waals surface area (Å²) in [7, 11) is 1.91. The SMILES string of the molecule is Cc1c(-c2cc3c(C#N)ccc(NSc4ccc(C(C)(C)C)cc4)n3n2)cnn1C. The van der Waals surface area contributed by atoms with Gasteiger partial charge in [0, 0.05) is 23.2 Å². The lowest BCUT2D eigenvalue weighted by molar-refractivity contribution is 0.590. The summed E-state index contributed by atoms with van der Waals surface area (Å²) in [6.07, 6.45) is 1.81. The molecule has 3 aromatic heterocycles. The van der Waals surface area contributed by atoms with Crippen LogP contribution in [0.25, 0.3) is 16.8 Å². The van der Waals surface area contributed by atoms with Crippen LogP contribution in [0.3, 0.4) is 0 Å². The van der Waals surface area contributed by atoms with Gasteiger partial charge in [-0.2, -0.15) is 15.5 Å². The van der Waals surface area contributed by atoms with Crippen LogP contribution in [0, 0.1) is 18.3 Å². The van der Waals surface area contributed by atoms with Crippen molar-refractivity contribution in [2.24, 2.45) is 7.05 Å². The molecular weight excluding hydrogens is 392 g/mol. The maximum absolute atomic E-state index is 9.53. The number of aromatic nitrogens is 4. The average Bonchev–Trinajstić information content (AvgIpc) is 3.30. The van der Waals surface area contributed by atoms with E-state index in [-0.39, 0.29) is 5.41 Å². The predicted octanol–water partition coefficient (Wildman–Crippen LogP) is 5.33. The van der Waals surface area contributed by atoms with Gasteiger partial charge in [0.25, 0.3) is 0 Å². The van der Waals surface area contributed by atoms with Gasteiger partial charge >= 0.3 is 0 Å². The van der Waals surface area contributed by atoms with Crippen molar-refractivity contribution in [3.63, 3.8) is 0 Å². The number of hydrogen-bond acceptors (Lipinski definition) is 5. The van der Waals surface area contributed by atoms with Gasteiger partial charge in [-0.15, -0.1) is 0 Å². The van der Waals surface area contributed by atoms with Gasteiger partial charge in [-0.3, -0.25) is 4.68 Å². The van der Waals surface area contributed by atoms with Crippen LogP contribution in [0.15, 0.2) is 53.6 Å². The molecule has 0 amide bonds. The maximum atomic E-state index is 9.53. The molecule has 0 aliphatic heterocycles. The van der Waals surface area contributed by atoms with E-state index in [9.17, 15) is 5.26 Å². The number of benzene rings is 1. The first kappa shape index (κ1) is 20.0. The highest BCUT2D eigenvalue weighted by Gasteiger charge is 2.16. The van der Waals surface area contributed by atoms with Crippen LogP contribution in [0.5, 0.6) is 0 Å². The Morgan fingerprint density at radius 2 is 1.83 bits per heavy atom. The third kappa shape index (κ3) is 3.66. The lowest BCUT2D eigenvalue weighted by Crippen LogP contribution is -2.10. The number of fused-ring (bicyclic) bond motifs is 1. The topological polar surface area (TPSA) is 70.9 Å². The van der Waals surface area contributed by atoms with Crippen molar-refractivity contribution in [3.8, 4) is 17.3 Å². The van der Waals surface area contributed by atoms with E-state index in [4.69, 9.17) is 5.10 Å². The summed E-state index contributed by atoms with van der Waals surface area (Å²) in [6.45, 7) is 8.63.